The number of hydrogen-bond donors (Lipinski definition) is 2. The van der Waals surface area contributed by atoms with E-state index in [2.05, 4.69) is 4.72 Å². The molecule has 0 saturated carbocycles. The fourth-order valence-corrected chi connectivity index (χ4v) is 3.52. The highest BCUT2D eigenvalue weighted by atomic mass is 35.5. The van der Waals surface area contributed by atoms with Crippen LogP contribution in [0.1, 0.15) is 16.1 Å². The molecular weight excluding hydrogens is 366 g/mol. The van der Waals surface area contributed by atoms with Gasteiger partial charge in [0.15, 0.2) is 0 Å². The number of furan rings is 1. The number of fused-ring (bicyclic) bond motifs is 1. The second-order valence-corrected chi connectivity index (χ2v) is 7.59. The van der Waals surface area contributed by atoms with Crippen molar-refractivity contribution >= 4 is 38.6 Å². The number of rotatable bonds is 6. The molecule has 3 rings (SSSR count). The van der Waals surface area contributed by atoms with Gasteiger partial charge in [-0.15, -0.1) is 0 Å². The zero-order chi connectivity index (χ0) is 18.0. The van der Waals surface area contributed by atoms with E-state index in [1.54, 1.807) is 18.2 Å². The molecule has 1 aromatic heterocycles. The van der Waals surface area contributed by atoms with Gasteiger partial charge < -0.3 is 9.52 Å². The van der Waals surface area contributed by atoms with Gasteiger partial charge in [-0.2, -0.15) is 0 Å². The van der Waals surface area contributed by atoms with Crippen molar-refractivity contribution in [2.24, 2.45) is 0 Å². The molecule has 0 unspecified atom stereocenters. The zero-order valence-corrected chi connectivity index (χ0v) is 14.5. The minimum Gasteiger partial charge on any atom is -0.475 e. The third-order valence-electron chi connectivity index (χ3n) is 3.62. The van der Waals surface area contributed by atoms with Crippen molar-refractivity contribution in [3.05, 3.63) is 64.9 Å². The van der Waals surface area contributed by atoms with Crippen LogP contribution < -0.4 is 4.72 Å². The maximum Gasteiger partial charge on any atom is 0.371 e. The molecule has 8 heteroatoms. The molecule has 0 aliphatic rings. The van der Waals surface area contributed by atoms with Gasteiger partial charge in [0.1, 0.15) is 5.58 Å². The fraction of sp³-hybridized carbons (Fsp3) is 0.118. The van der Waals surface area contributed by atoms with E-state index in [1.807, 2.05) is 0 Å². The molecule has 0 saturated heterocycles. The number of sulfonamides is 1. The number of carboxylic acid groups (broad SMARTS) is 1. The van der Waals surface area contributed by atoms with Crippen LogP contribution in [0.25, 0.3) is 11.0 Å². The van der Waals surface area contributed by atoms with Crippen LogP contribution in [0.2, 0.25) is 5.02 Å². The van der Waals surface area contributed by atoms with Crippen molar-refractivity contribution < 1.29 is 22.7 Å². The molecule has 0 aliphatic heterocycles. The number of hydrogen-bond acceptors (Lipinski definition) is 4. The molecule has 2 N–H and O–H groups in total. The van der Waals surface area contributed by atoms with E-state index in [9.17, 15) is 13.2 Å². The first-order chi connectivity index (χ1) is 11.8. The monoisotopic (exact) mass is 379 g/mol. The van der Waals surface area contributed by atoms with Gasteiger partial charge in [-0.1, -0.05) is 23.7 Å². The fourth-order valence-electron chi connectivity index (χ4n) is 2.36. The SMILES string of the molecule is O=C(O)c1cc2ccc(CCNS(=O)(=O)c3ccc(Cl)cc3)cc2o1. The molecule has 0 spiro atoms. The summed E-state index contributed by atoms with van der Waals surface area (Å²) in [6.07, 6.45) is 0.436. The highest BCUT2D eigenvalue weighted by molar-refractivity contribution is 7.89. The van der Waals surface area contributed by atoms with Crippen molar-refractivity contribution in [3.8, 4) is 0 Å². The molecule has 0 bridgehead atoms. The normalized spacial score (nSPS) is 11.7. The molecule has 25 heavy (non-hydrogen) atoms. The predicted octanol–water partition coefficient (Wildman–Crippen LogP) is 3.31. The van der Waals surface area contributed by atoms with Crippen LogP contribution >= 0.6 is 11.6 Å². The van der Waals surface area contributed by atoms with Gasteiger partial charge in [0.25, 0.3) is 0 Å². The van der Waals surface area contributed by atoms with E-state index in [-0.39, 0.29) is 17.2 Å². The quantitative estimate of drug-likeness (QED) is 0.684. The summed E-state index contributed by atoms with van der Waals surface area (Å²) in [5.41, 5.74) is 1.29. The average molecular weight is 380 g/mol. The number of carboxylic acids is 1. The molecule has 2 aromatic carbocycles. The smallest absolute Gasteiger partial charge is 0.371 e. The van der Waals surface area contributed by atoms with E-state index in [1.165, 1.54) is 30.3 Å². The summed E-state index contributed by atoms with van der Waals surface area (Å²) >= 11 is 5.75. The van der Waals surface area contributed by atoms with Gasteiger partial charge in [-0.3, -0.25) is 0 Å². The van der Waals surface area contributed by atoms with Crippen molar-refractivity contribution in [2.45, 2.75) is 11.3 Å². The minimum atomic E-state index is -3.61. The Labute approximate surface area is 149 Å². The summed E-state index contributed by atoms with van der Waals surface area (Å²) in [7, 11) is -3.61. The number of benzene rings is 2. The third-order valence-corrected chi connectivity index (χ3v) is 5.35. The first-order valence-electron chi connectivity index (χ1n) is 7.36. The lowest BCUT2D eigenvalue weighted by atomic mass is 10.1. The first kappa shape index (κ1) is 17.5. The molecule has 130 valence electrons. The summed E-state index contributed by atoms with van der Waals surface area (Å²) in [4.78, 5) is 11.1. The Morgan fingerprint density at radius 3 is 2.52 bits per heavy atom. The summed E-state index contributed by atoms with van der Waals surface area (Å²) in [6.45, 7) is 0.197. The van der Waals surface area contributed by atoms with Gasteiger partial charge in [-0.05, 0) is 48.4 Å². The molecule has 6 nitrogen and oxygen atoms in total. The van der Waals surface area contributed by atoms with Crippen LogP contribution in [0, 0.1) is 0 Å². The second-order valence-electron chi connectivity index (χ2n) is 5.39. The Morgan fingerprint density at radius 1 is 1.12 bits per heavy atom. The van der Waals surface area contributed by atoms with Crippen molar-refractivity contribution in [3.63, 3.8) is 0 Å². The van der Waals surface area contributed by atoms with Gasteiger partial charge in [0, 0.05) is 17.0 Å². The average Bonchev–Trinajstić information content (AvgIpc) is 2.99. The van der Waals surface area contributed by atoms with Crippen LogP contribution in [0.5, 0.6) is 0 Å². The van der Waals surface area contributed by atoms with Crippen LogP contribution in [0.3, 0.4) is 0 Å². The number of carbonyl (C=O) groups is 1. The molecule has 0 fully saturated rings. The Balaban J connectivity index is 1.68. The van der Waals surface area contributed by atoms with Gasteiger partial charge >= 0.3 is 5.97 Å². The Kier molecular flexibility index (Phi) is 4.80. The molecule has 0 amide bonds. The first-order valence-corrected chi connectivity index (χ1v) is 9.22. The van der Waals surface area contributed by atoms with E-state index >= 15 is 0 Å². The molecule has 0 aliphatic carbocycles. The largest absolute Gasteiger partial charge is 0.475 e. The van der Waals surface area contributed by atoms with Crippen LogP contribution in [0.15, 0.2) is 57.8 Å². The van der Waals surface area contributed by atoms with E-state index in [0.29, 0.717) is 22.4 Å². The second kappa shape index (κ2) is 6.87. The summed E-state index contributed by atoms with van der Waals surface area (Å²) < 4.78 is 32.1. The van der Waals surface area contributed by atoms with Crippen molar-refractivity contribution in [2.75, 3.05) is 6.54 Å². The van der Waals surface area contributed by atoms with Crippen LogP contribution in [0.4, 0.5) is 0 Å². The van der Waals surface area contributed by atoms with Crippen LogP contribution in [-0.2, 0) is 16.4 Å². The number of nitrogens with one attached hydrogen (secondary N) is 1. The molecule has 1 heterocycles. The lowest BCUT2D eigenvalue weighted by Gasteiger charge is -2.07. The highest BCUT2D eigenvalue weighted by Gasteiger charge is 2.14. The van der Waals surface area contributed by atoms with Gasteiger partial charge in [0.2, 0.25) is 15.8 Å². The molecular formula is C17H14ClNO5S. The third kappa shape index (κ3) is 4.01. The Bertz CT molecular complexity index is 1020. The molecule has 0 atom stereocenters. The lowest BCUT2D eigenvalue weighted by molar-refractivity contribution is 0.0665. The van der Waals surface area contributed by atoms with E-state index in [0.717, 1.165) is 5.56 Å². The Morgan fingerprint density at radius 2 is 1.84 bits per heavy atom. The van der Waals surface area contributed by atoms with E-state index < -0.39 is 16.0 Å². The van der Waals surface area contributed by atoms with Gasteiger partial charge in [-0.25, -0.2) is 17.9 Å². The number of aromatic carboxylic acids is 1. The summed E-state index contributed by atoms with van der Waals surface area (Å²) in [6, 6.07) is 12.6. The maximum atomic E-state index is 12.2. The topological polar surface area (TPSA) is 96.6 Å². The predicted molar refractivity (Wildman–Crippen MR) is 93.5 cm³/mol. The maximum absolute atomic E-state index is 12.2. The van der Waals surface area contributed by atoms with Crippen LogP contribution in [-0.4, -0.2) is 26.0 Å². The van der Waals surface area contributed by atoms with Crippen molar-refractivity contribution in [1.82, 2.24) is 4.72 Å². The number of halogens is 1. The standard InChI is InChI=1S/C17H14ClNO5S/c18-13-3-5-14(6-4-13)25(22,23)19-8-7-11-1-2-12-10-16(17(20)21)24-15(12)9-11/h1-6,9-10,19H,7-8H2,(H,20,21). The lowest BCUT2D eigenvalue weighted by Crippen LogP contribution is -2.25. The van der Waals surface area contributed by atoms with E-state index in [4.69, 9.17) is 21.1 Å². The van der Waals surface area contributed by atoms with Gasteiger partial charge in [0.05, 0.1) is 4.90 Å². The van der Waals surface area contributed by atoms with Crippen molar-refractivity contribution in [1.29, 1.82) is 0 Å². The molecule has 0 radical (unpaired) electrons. The summed E-state index contributed by atoms with van der Waals surface area (Å²) in [5, 5.41) is 10.1. The highest BCUT2D eigenvalue weighted by Crippen LogP contribution is 2.21. The minimum absolute atomic E-state index is 0.129. The Hall–Kier alpha value is -2.35. The summed E-state index contributed by atoms with van der Waals surface area (Å²) in [5.74, 6) is -1.26. The zero-order valence-electron chi connectivity index (χ0n) is 12.9. The molecule has 3 aromatic rings.